The summed E-state index contributed by atoms with van der Waals surface area (Å²) in [5.41, 5.74) is 1.11. The minimum atomic E-state index is -0.473. The number of hydrogen-bond acceptors (Lipinski definition) is 4. The van der Waals surface area contributed by atoms with Gasteiger partial charge in [-0.05, 0) is 23.8 Å². The van der Waals surface area contributed by atoms with E-state index < -0.39 is 6.04 Å². The van der Waals surface area contributed by atoms with Gasteiger partial charge in [0.2, 0.25) is 0 Å². The molecular weight excluding hydrogens is 292 g/mol. The van der Waals surface area contributed by atoms with E-state index in [9.17, 15) is 9.90 Å². The molecule has 2 N–H and O–H groups in total. The van der Waals surface area contributed by atoms with Gasteiger partial charge in [-0.2, -0.15) is 5.10 Å². The first-order valence-corrected chi connectivity index (χ1v) is 7.21. The molecule has 3 aromatic rings. The van der Waals surface area contributed by atoms with E-state index in [1.54, 1.807) is 41.3 Å². The van der Waals surface area contributed by atoms with Crippen LogP contribution in [-0.2, 0) is 0 Å². The summed E-state index contributed by atoms with van der Waals surface area (Å²) < 4.78 is 1.58. The summed E-state index contributed by atoms with van der Waals surface area (Å²) in [5.74, 6) is 0.213. The van der Waals surface area contributed by atoms with Gasteiger partial charge in [0.15, 0.2) is 5.82 Å². The summed E-state index contributed by atoms with van der Waals surface area (Å²) in [5, 5.41) is 16.4. The Hall–Kier alpha value is -2.99. The van der Waals surface area contributed by atoms with E-state index in [-0.39, 0.29) is 18.2 Å². The van der Waals surface area contributed by atoms with Crippen LogP contribution < -0.4 is 5.32 Å². The van der Waals surface area contributed by atoms with Gasteiger partial charge in [-0.1, -0.05) is 36.4 Å². The Balaban J connectivity index is 1.79. The van der Waals surface area contributed by atoms with Gasteiger partial charge in [0.25, 0.3) is 5.91 Å². The molecule has 1 aromatic carbocycles. The van der Waals surface area contributed by atoms with Crippen molar-refractivity contribution in [3.05, 3.63) is 78.2 Å². The topological polar surface area (TPSA) is 80.0 Å². The standard InChI is InChI=1S/C17H16N4O2/c22-12-15(13-6-2-1-3-7-13)20-17(23)14-8-4-9-16(19-14)21-11-5-10-18-21/h1-11,15,22H,12H2,(H,20,23)/t15-/m1/s1. The second-order valence-corrected chi connectivity index (χ2v) is 4.95. The Morgan fingerprint density at radius 1 is 1.13 bits per heavy atom. The molecule has 116 valence electrons. The number of nitrogens with zero attached hydrogens (tertiary/aromatic N) is 3. The number of aromatic nitrogens is 3. The molecule has 0 aliphatic carbocycles. The van der Waals surface area contributed by atoms with Crippen LogP contribution in [0.5, 0.6) is 0 Å². The van der Waals surface area contributed by atoms with Crippen LogP contribution in [0.2, 0.25) is 0 Å². The van der Waals surface area contributed by atoms with Gasteiger partial charge in [-0.25, -0.2) is 9.67 Å². The first-order valence-electron chi connectivity index (χ1n) is 7.21. The van der Waals surface area contributed by atoms with E-state index in [0.717, 1.165) is 5.56 Å². The Bertz CT molecular complexity index is 772. The predicted molar refractivity (Wildman–Crippen MR) is 85.1 cm³/mol. The Kier molecular flexibility index (Phi) is 4.44. The minimum Gasteiger partial charge on any atom is -0.394 e. The summed E-state index contributed by atoms with van der Waals surface area (Å²) >= 11 is 0. The summed E-state index contributed by atoms with van der Waals surface area (Å²) in [4.78, 5) is 16.7. The average Bonchev–Trinajstić information content (AvgIpc) is 3.15. The van der Waals surface area contributed by atoms with Crippen LogP contribution in [0.15, 0.2) is 67.0 Å². The van der Waals surface area contributed by atoms with Crippen molar-refractivity contribution in [3.63, 3.8) is 0 Å². The fraction of sp³-hybridized carbons (Fsp3) is 0.118. The van der Waals surface area contributed by atoms with E-state index in [2.05, 4.69) is 15.4 Å². The van der Waals surface area contributed by atoms with Gasteiger partial charge in [0, 0.05) is 12.4 Å². The maximum atomic E-state index is 12.4. The first kappa shape index (κ1) is 14.9. The van der Waals surface area contributed by atoms with E-state index >= 15 is 0 Å². The second-order valence-electron chi connectivity index (χ2n) is 4.95. The lowest BCUT2D eigenvalue weighted by atomic mass is 10.1. The third-order valence-corrected chi connectivity index (χ3v) is 3.40. The van der Waals surface area contributed by atoms with Crippen molar-refractivity contribution in [2.45, 2.75) is 6.04 Å². The smallest absolute Gasteiger partial charge is 0.270 e. The van der Waals surface area contributed by atoms with Crippen LogP contribution in [0.4, 0.5) is 0 Å². The normalized spacial score (nSPS) is 11.9. The highest BCUT2D eigenvalue weighted by molar-refractivity contribution is 5.92. The molecule has 1 atom stereocenters. The highest BCUT2D eigenvalue weighted by atomic mass is 16.3. The first-order chi connectivity index (χ1) is 11.3. The van der Waals surface area contributed by atoms with E-state index in [1.165, 1.54) is 0 Å². The highest BCUT2D eigenvalue weighted by Gasteiger charge is 2.16. The molecule has 0 unspecified atom stereocenters. The van der Waals surface area contributed by atoms with Crippen LogP contribution >= 0.6 is 0 Å². The molecular formula is C17H16N4O2. The predicted octanol–water partition coefficient (Wildman–Crippen LogP) is 1.73. The zero-order chi connectivity index (χ0) is 16.1. The van der Waals surface area contributed by atoms with Gasteiger partial charge < -0.3 is 10.4 Å². The molecule has 0 aliphatic heterocycles. The SMILES string of the molecule is O=C(N[C@H](CO)c1ccccc1)c1cccc(-n2cccn2)n1. The largest absolute Gasteiger partial charge is 0.394 e. The Morgan fingerprint density at radius 2 is 1.96 bits per heavy atom. The van der Waals surface area contributed by atoms with Crippen molar-refractivity contribution in [3.8, 4) is 5.82 Å². The van der Waals surface area contributed by atoms with Gasteiger partial charge >= 0.3 is 0 Å². The molecule has 0 bridgehead atoms. The van der Waals surface area contributed by atoms with Crippen LogP contribution in [0.25, 0.3) is 5.82 Å². The van der Waals surface area contributed by atoms with Crippen molar-refractivity contribution >= 4 is 5.91 Å². The molecule has 2 aromatic heterocycles. The molecule has 2 heterocycles. The number of aliphatic hydroxyl groups excluding tert-OH is 1. The number of pyridine rings is 1. The number of carbonyl (C=O) groups is 1. The fourth-order valence-corrected chi connectivity index (χ4v) is 2.23. The van der Waals surface area contributed by atoms with Crippen molar-refractivity contribution in [2.24, 2.45) is 0 Å². The maximum absolute atomic E-state index is 12.4. The summed E-state index contributed by atoms with van der Waals surface area (Å²) in [6.45, 7) is -0.186. The van der Waals surface area contributed by atoms with Gasteiger partial charge in [0.05, 0.1) is 12.6 Å². The van der Waals surface area contributed by atoms with E-state index in [1.807, 2.05) is 30.3 Å². The quantitative estimate of drug-likeness (QED) is 0.752. The second kappa shape index (κ2) is 6.85. The van der Waals surface area contributed by atoms with Crippen molar-refractivity contribution < 1.29 is 9.90 Å². The van der Waals surface area contributed by atoms with E-state index in [4.69, 9.17) is 0 Å². The number of benzene rings is 1. The van der Waals surface area contributed by atoms with Crippen LogP contribution in [-0.4, -0.2) is 32.4 Å². The molecule has 0 saturated heterocycles. The van der Waals surface area contributed by atoms with Gasteiger partial charge in [0.1, 0.15) is 5.69 Å². The maximum Gasteiger partial charge on any atom is 0.270 e. The minimum absolute atomic E-state index is 0.186. The lowest BCUT2D eigenvalue weighted by molar-refractivity contribution is 0.0911. The fourth-order valence-electron chi connectivity index (χ4n) is 2.23. The monoisotopic (exact) mass is 308 g/mol. The molecule has 6 nitrogen and oxygen atoms in total. The molecule has 23 heavy (non-hydrogen) atoms. The molecule has 6 heteroatoms. The van der Waals surface area contributed by atoms with Crippen molar-refractivity contribution in [2.75, 3.05) is 6.61 Å². The van der Waals surface area contributed by atoms with Crippen LogP contribution in [0.1, 0.15) is 22.1 Å². The Labute approximate surface area is 133 Å². The highest BCUT2D eigenvalue weighted by Crippen LogP contribution is 2.13. The zero-order valence-corrected chi connectivity index (χ0v) is 12.3. The molecule has 0 saturated carbocycles. The zero-order valence-electron chi connectivity index (χ0n) is 12.3. The molecule has 0 radical (unpaired) electrons. The molecule has 0 aliphatic rings. The van der Waals surface area contributed by atoms with Crippen molar-refractivity contribution in [1.29, 1.82) is 0 Å². The van der Waals surface area contributed by atoms with Crippen LogP contribution in [0.3, 0.4) is 0 Å². The van der Waals surface area contributed by atoms with Gasteiger partial charge in [-0.3, -0.25) is 4.79 Å². The molecule has 0 fully saturated rings. The molecule has 3 rings (SSSR count). The lowest BCUT2D eigenvalue weighted by Gasteiger charge is -2.16. The number of hydrogen-bond donors (Lipinski definition) is 2. The average molecular weight is 308 g/mol. The van der Waals surface area contributed by atoms with Crippen molar-refractivity contribution in [1.82, 2.24) is 20.1 Å². The number of amides is 1. The number of carbonyl (C=O) groups excluding carboxylic acids is 1. The third-order valence-electron chi connectivity index (χ3n) is 3.40. The number of nitrogens with one attached hydrogen (secondary N) is 1. The number of aliphatic hydroxyl groups is 1. The molecule has 1 amide bonds. The van der Waals surface area contributed by atoms with E-state index in [0.29, 0.717) is 5.82 Å². The summed E-state index contributed by atoms with van der Waals surface area (Å²) in [6.07, 6.45) is 3.40. The lowest BCUT2D eigenvalue weighted by Crippen LogP contribution is -2.31. The third kappa shape index (κ3) is 3.44. The van der Waals surface area contributed by atoms with Gasteiger partial charge in [-0.15, -0.1) is 0 Å². The summed E-state index contributed by atoms with van der Waals surface area (Å²) in [6, 6.07) is 15.8. The Morgan fingerprint density at radius 3 is 2.65 bits per heavy atom. The van der Waals surface area contributed by atoms with Crippen LogP contribution in [0, 0.1) is 0 Å². The number of rotatable bonds is 5. The summed E-state index contributed by atoms with van der Waals surface area (Å²) in [7, 11) is 0. The molecule has 0 spiro atoms.